The molecule has 2 atom stereocenters. The minimum atomic E-state index is -0.440. The smallest absolute Gasteiger partial charge is 0.246 e. The molecule has 3 rings (SSSR count). The van der Waals surface area contributed by atoms with Gasteiger partial charge >= 0.3 is 0 Å². The Balaban J connectivity index is 0.00000280. The van der Waals surface area contributed by atoms with Crippen LogP contribution in [-0.2, 0) is 22.7 Å². The topological polar surface area (TPSA) is 102 Å². The molecule has 28 heavy (non-hydrogen) atoms. The summed E-state index contributed by atoms with van der Waals surface area (Å²) in [7, 11) is 0. The van der Waals surface area contributed by atoms with E-state index in [0.29, 0.717) is 12.2 Å². The van der Waals surface area contributed by atoms with E-state index in [4.69, 9.17) is 5.73 Å². The maximum Gasteiger partial charge on any atom is 0.246 e. The van der Waals surface area contributed by atoms with Crippen molar-refractivity contribution in [2.45, 2.75) is 51.2 Å². The summed E-state index contributed by atoms with van der Waals surface area (Å²) in [4.78, 5) is 24.6. The first-order chi connectivity index (χ1) is 12.9. The molecule has 2 amide bonds. The summed E-state index contributed by atoms with van der Waals surface area (Å²) < 4.78 is 1.56. The Bertz CT molecular complexity index is 792. The fourth-order valence-electron chi connectivity index (χ4n) is 3.60. The van der Waals surface area contributed by atoms with Crippen LogP contribution in [0.3, 0.4) is 0 Å². The van der Waals surface area contributed by atoms with Gasteiger partial charge in [-0.25, -0.2) is 0 Å². The van der Waals surface area contributed by atoms with Crippen molar-refractivity contribution in [3.8, 4) is 0 Å². The van der Waals surface area contributed by atoms with Gasteiger partial charge in [-0.15, -0.1) is 12.4 Å². The average molecular weight is 406 g/mol. The Hall–Kier alpha value is -2.38. The molecule has 0 radical (unpaired) electrons. The number of halogens is 1. The van der Waals surface area contributed by atoms with E-state index in [0.717, 1.165) is 31.2 Å². The third-order valence-corrected chi connectivity index (χ3v) is 5.11. The molecule has 1 fully saturated rings. The number of nitrogens with two attached hydrogens (primary N) is 1. The summed E-state index contributed by atoms with van der Waals surface area (Å²) in [6.07, 6.45) is 7.21. The first-order valence-electron chi connectivity index (χ1n) is 9.37. The van der Waals surface area contributed by atoms with Crippen LogP contribution >= 0.6 is 12.4 Å². The van der Waals surface area contributed by atoms with Gasteiger partial charge in [-0.2, -0.15) is 5.10 Å². The number of aromatic nitrogens is 2. The third kappa shape index (κ3) is 5.81. The Morgan fingerprint density at radius 2 is 2.14 bits per heavy atom. The van der Waals surface area contributed by atoms with Crippen LogP contribution in [-0.4, -0.2) is 27.1 Å². The van der Waals surface area contributed by atoms with Crippen molar-refractivity contribution in [2.24, 2.45) is 11.7 Å². The molecule has 0 spiro atoms. The molecular weight excluding hydrogens is 378 g/mol. The highest BCUT2D eigenvalue weighted by molar-refractivity contribution is 5.90. The summed E-state index contributed by atoms with van der Waals surface area (Å²) in [5.74, 6) is -0.294. The molecule has 2 unspecified atom stereocenters. The van der Waals surface area contributed by atoms with Gasteiger partial charge in [0.25, 0.3) is 0 Å². The largest absolute Gasteiger partial charge is 0.352 e. The Kier molecular flexibility index (Phi) is 7.60. The van der Waals surface area contributed by atoms with Crippen molar-refractivity contribution in [1.29, 1.82) is 0 Å². The summed E-state index contributed by atoms with van der Waals surface area (Å²) in [5.41, 5.74) is 7.49. The number of hydrogen-bond donors (Lipinski definition) is 3. The van der Waals surface area contributed by atoms with Gasteiger partial charge in [0.15, 0.2) is 0 Å². The Morgan fingerprint density at radius 3 is 2.86 bits per heavy atom. The van der Waals surface area contributed by atoms with Crippen LogP contribution in [0.1, 0.15) is 38.2 Å². The second kappa shape index (κ2) is 9.71. The van der Waals surface area contributed by atoms with Gasteiger partial charge in [0.05, 0.1) is 5.92 Å². The van der Waals surface area contributed by atoms with Crippen LogP contribution in [0.15, 0.2) is 42.7 Å². The van der Waals surface area contributed by atoms with E-state index in [2.05, 4.69) is 15.7 Å². The molecule has 0 saturated heterocycles. The highest BCUT2D eigenvalue weighted by Gasteiger charge is 2.37. The maximum atomic E-state index is 12.6. The van der Waals surface area contributed by atoms with E-state index in [1.165, 1.54) is 0 Å². The fraction of sp³-hybridized carbons (Fsp3) is 0.450. The molecule has 1 saturated carbocycles. The van der Waals surface area contributed by atoms with E-state index >= 15 is 0 Å². The number of carbonyl (C=O) groups is 2. The summed E-state index contributed by atoms with van der Waals surface area (Å²) >= 11 is 0. The zero-order valence-corrected chi connectivity index (χ0v) is 16.9. The minimum absolute atomic E-state index is 0. The molecule has 152 valence electrons. The molecular formula is C20H28ClN5O2. The zero-order chi connectivity index (χ0) is 19.3. The van der Waals surface area contributed by atoms with E-state index < -0.39 is 5.54 Å². The molecule has 1 aromatic heterocycles. The number of carbonyl (C=O) groups excluding carboxylic acids is 2. The van der Waals surface area contributed by atoms with Crippen LogP contribution in [0.2, 0.25) is 0 Å². The lowest BCUT2D eigenvalue weighted by Crippen LogP contribution is -2.52. The van der Waals surface area contributed by atoms with Gasteiger partial charge in [0.2, 0.25) is 11.8 Å². The van der Waals surface area contributed by atoms with Crippen molar-refractivity contribution in [2.75, 3.05) is 5.32 Å². The van der Waals surface area contributed by atoms with Crippen LogP contribution in [0.4, 0.5) is 5.69 Å². The average Bonchev–Trinajstić information content (AvgIpc) is 3.12. The quantitative estimate of drug-likeness (QED) is 0.686. The Morgan fingerprint density at radius 1 is 1.32 bits per heavy atom. The molecule has 2 aromatic rings. The normalized spacial score (nSPS) is 21.4. The van der Waals surface area contributed by atoms with Crippen molar-refractivity contribution in [3.63, 3.8) is 0 Å². The maximum absolute atomic E-state index is 12.6. The molecule has 7 nitrogen and oxygen atoms in total. The SMILES string of the molecule is CC1(N)CCCCC1C(=O)NCc1cccc(NC(=O)Cn2cccn2)c1.Cl. The highest BCUT2D eigenvalue weighted by atomic mass is 35.5. The lowest BCUT2D eigenvalue weighted by molar-refractivity contribution is -0.128. The van der Waals surface area contributed by atoms with Gasteiger partial charge in [0.1, 0.15) is 6.54 Å². The molecule has 1 heterocycles. The van der Waals surface area contributed by atoms with E-state index in [-0.39, 0.29) is 36.7 Å². The predicted octanol–water partition coefficient (Wildman–Crippen LogP) is 2.47. The zero-order valence-electron chi connectivity index (χ0n) is 16.1. The van der Waals surface area contributed by atoms with E-state index in [9.17, 15) is 9.59 Å². The predicted molar refractivity (Wildman–Crippen MR) is 111 cm³/mol. The molecule has 0 bridgehead atoms. The molecule has 1 aliphatic carbocycles. The minimum Gasteiger partial charge on any atom is -0.352 e. The van der Waals surface area contributed by atoms with Crippen molar-refractivity contribution < 1.29 is 9.59 Å². The number of rotatable bonds is 6. The highest BCUT2D eigenvalue weighted by Crippen LogP contribution is 2.31. The second-order valence-corrected chi connectivity index (χ2v) is 7.47. The number of anilines is 1. The number of nitrogens with zero attached hydrogens (tertiary/aromatic N) is 2. The molecule has 0 aliphatic heterocycles. The van der Waals surface area contributed by atoms with Crippen LogP contribution in [0.25, 0.3) is 0 Å². The van der Waals surface area contributed by atoms with Gasteiger partial charge in [-0.1, -0.05) is 25.0 Å². The van der Waals surface area contributed by atoms with Crippen LogP contribution in [0.5, 0.6) is 0 Å². The lowest BCUT2D eigenvalue weighted by atomic mass is 9.74. The second-order valence-electron chi connectivity index (χ2n) is 7.47. The summed E-state index contributed by atoms with van der Waals surface area (Å²) in [5, 5.41) is 9.87. The number of benzene rings is 1. The molecule has 4 N–H and O–H groups in total. The number of nitrogens with one attached hydrogen (secondary N) is 2. The monoisotopic (exact) mass is 405 g/mol. The molecule has 8 heteroatoms. The third-order valence-electron chi connectivity index (χ3n) is 5.11. The standard InChI is InChI=1S/C20H27N5O2.ClH/c1-20(21)9-3-2-8-17(20)19(27)22-13-15-6-4-7-16(12-15)24-18(26)14-25-11-5-10-23-25;/h4-7,10-12,17H,2-3,8-9,13-14,21H2,1H3,(H,22,27)(H,24,26);1H. The van der Waals surface area contributed by atoms with Gasteiger partial charge < -0.3 is 16.4 Å². The van der Waals surface area contributed by atoms with Gasteiger partial charge in [-0.3, -0.25) is 14.3 Å². The number of hydrogen-bond acceptors (Lipinski definition) is 4. The first-order valence-corrected chi connectivity index (χ1v) is 9.37. The van der Waals surface area contributed by atoms with Crippen molar-refractivity contribution >= 4 is 29.9 Å². The van der Waals surface area contributed by atoms with Gasteiger partial charge in [0, 0.05) is 30.2 Å². The summed E-state index contributed by atoms with van der Waals surface area (Å²) in [6.45, 7) is 2.53. The Labute approximate surface area is 171 Å². The molecule has 1 aromatic carbocycles. The van der Waals surface area contributed by atoms with Crippen LogP contribution < -0.4 is 16.4 Å². The van der Waals surface area contributed by atoms with Crippen molar-refractivity contribution in [1.82, 2.24) is 15.1 Å². The van der Waals surface area contributed by atoms with Gasteiger partial charge in [-0.05, 0) is 43.5 Å². The first kappa shape index (κ1) is 21.9. The van der Waals surface area contributed by atoms with E-state index in [1.54, 1.807) is 23.1 Å². The fourth-order valence-corrected chi connectivity index (χ4v) is 3.60. The van der Waals surface area contributed by atoms with E-state index in [1.807, 2.05) is 31.2 Å². The van der Waals surface area contributed by atoms with Crippen LogP contribution in [0, 0.1) is 5.92 Å². The molecule has 1 aliphatic rings. The number of amides is 2. The lowest BCUT2D eigenvalue weighted by Gasteiger charge is -2.37. The van der Waals surface area contributed by atoms with Crippen molar-refractivity contribution in [3.05, 3.63) is 48.3 Å². The summed E-state index contributed by atoms with van der Waals surface area (Å²) in [6, 6.07) is 9.24.